The quantitative estimate of drug-likeness (QED) is 0.478. The lowest BCUT2D eigenvalue weighted by atomic mass is 10.2. The Bertz CT molecular complexity index is 841. The molecule has 6 nitrogen and oxygen atoms in total. The van der Waals surface area contributed by atoms with E-state index in [9.17, 15) is 4.79 Å². The van der Waals surface area contributed by atoms with E-state index >= 15 is 0 Å². The summed E-state index contributed by atoms with van der Waals surface area (Å²) in [7, 11) is 0. The molecule has 7 heteroatoms. The fraction of sp³-hybridized carbons (Fsp3) is 0.364. The molecule has 2 amide bonds. The number of nitrogens with two attached hydrogens (primary N) is 1. The van der Waals surface area contributed by atoms with E-state index in [1.54, 1.807) is 0 Å². The van der Waals surface area contributed by atoms with Crippen molar-refractivity contribution in [2.45, 2.75) is 26.2 Å². The van der Waals surface area contributed by atoms with Crippen molar-refractivity contribution in [1.82, 2.24) is 4.90 Å². The lowest BCUT2D eigenvalue weighted by molar-refractivity contribution is 0.219. The minimum atomic E-state index is 0.104. The molecule has 0 saturated carbocycles. The zero-order valence-corrected chi connectivity index (χ0v) is 17.6. The van der Waals surface area contributed by atoms with Crippen LogP contribution in [0.4, 0.5) is 16.2 Å². The summed E-state index contributed by atoms with van der Waals surface area (Å²) in [5.41, 5.74) is 8.48. The molecule has 1 aliphatic rings. The normalized spacial score (nSPS) is 13.6. The van der Waals surface area contributed by atoms with Gasteiger partial charge in [0.25, 0.3) is 0 Å². The summed E-state index contributed by atoms with van der Waals surface area (Å²) in [5.74, 6) is 0.787. The van der Waals surface area contributed by atoms with E-state index in [2.05, 4.69) is 12.2 Å². The number of urea groups is 1. The molecular formula is C22H28N4O2S. The van der Waals surface area contributed by atoms with Crippen molar-refractivity contribution < 1.29 is 9.53 Å². The fourth-order valence-electron chi connectivity index (χ4n) is 3.33. The molecule has 0 atom stereocenters. The van der Waals surface area contributed by atoms with Gasteiger partial charge >= 0.3 is 6.03 Å². The highest BCUT2D eigenvalue weighted by Gasteiger charge is 2.28. The van der Waals surface area contributed by atoms with Crippen molar-refractivity contribution >= 4 is 34.7 Å². The van der Waals surface area contributed by atoms with Crippen molar-refractivity contribution in [3.05, 3.63) is 54.1 Å². The smallest absolute Gasteiger partial charge is 0.324 e. The van der Waals surface area contributed by atoms with Gasteiger partial charge in [-0.25, -0.2) is 4.79 Å². The van der Waals surface area contributed by atoms with Crippen LogP contribution in [0.1, 0.15) is 24.8 Å². The Hall–Kier alpha value is -2.80. The van der Waals surface area contributed by atoms with E-state index in [1.165, 1.54) is 5.56 Å². The number of hydrogen-bond donors (Lipinski definition) is 2. The van der Waals surface area contributed by atoms with Crippen LogP contribution < -0.4 is 20.7 Å². The average molecular weight is 413 g/mol. The van der Waals surface area contributed by atoms with Gasteiger partial charge in [-0.05, 0) is 62.7 Å². The van der Waals surface area contributed by atoms with Gasteiger partial charge < -0.3 is 20.7 Å². The monoisotopic (exact) mass is 412 g/mol. The molecule has 154 valence electrons. The summed E-state index contributed by atoms with van der Waals surface area (Å²) >= 11 is 4.84. The molecule has 29 heavy (non-hydrogen) atoms. The lowest BCUT2D eigenvalue weighted by Crippen LogP contribution is -2.32. The van der Waals surface area contributed by atoms with Crippen LogP contribution in [0.2, 0.25) is 0 Å². The molecule has 0 unspecified atom stereocenters. The summed E-state index contributed by atoms with van der Waals surface area (Å²) in [6.07, 6.45) is 2.93. The number of carbonyl (C=O) groups excluding carboxylic acids is 1. The molecule has 3 rings (SSSR count). The van der Waals surface area contributed by atoms with Crippen LogP contribution in [0.15, 0.2) is 48.5 Å². The molecule has 0 aromatic heterocycles. The summed E-state index contributed by atoms with van der Waals surface area (Å²) < 4.78 is 5.79. The zero-order chi connectivity index (χ0) is 20.6. The topological polar surface area (TPSA) is 70.8 Å². The second-order valence-electron chi connectivity index (χ2n) is 7.18. The highest BCUT2D eigenvalue weighted by atomic mass is 32.1. The number of nitrogens with one attached hydrogen (secondary N) is 1. The summed E-state index contributed by atoms with van der Waals surface area (Å²) in [6, 6.07) is 15.8. The second kappa shape index (κ2) is 10.1. The first-order chi connectivity index (χ1) is 14.0. The number of anilines is 2. The van der Waals surface area contributed by atoms with Crippen molar-refractivity contribution in [2.24, 2.45) is 5.73 Å². The third-order valence-corrected chi connectivity index (χ3v) is 4.99. The Morgan fingerprint density at radius 1 is 1.14 bits per heavy atom. The number of benzene rings is 2. The number of carbonyl (C=O) groups is 1. The minimum absolute atomic E-state index is 0.104. The Morgan fingerprint density at radius 3 is 2.69 bits per heavy atom. The molecule has 1 saturated heterocycles. The Kier molecular flexibility index (Phi) is 7.30. The van der Waals surface area contributed by atoms with Gasteiger partial charge in [0.05, 0.1) is 6.61 Å². The van der Waals surface area contributed by atoms with Crippen molar-refractivity contribution in [3.63, 3.8) is 0 Å². The van der Waals surface area contributed by atoms with Gasteiger partial charge in [-0.2, -0.15) is 0 Å². The molecule has 0 aliphatic carbocycles. The largest absolute Gasteiger partial charge is 0.494 e. The molecule has 2 aromatic carbocycles. The number of hydrogen-bond acceptors (Lipinski definition) is 3. The van der Waals surface area contributed by atoms with Gasteiger partial charge in [-0.15, -0.1) is 0 Å². The van der Waals surface area contributed by atoms with Crippen LogP contribution in [0.5, 0.6) is 5.75 Å². The van der Waals surface area contributed by atoms with Crippen molar-refractivity contribution in [3.8, 4) is 5.75 Å². The summed E-state index contributed by atoms with van der Waals surface area (Å²) in [4.78, 5) is 16.4. The molecule has 1 aliphatic heterocycles. The van der Waals surface area contributed by atoms with Gasteiger partial charge in [-0.1, -0.05) is 23.8 Å². The summed E-state index contributed by atoms with van der Waals surface area (Å²) in [6.45, 7) is 5.01. The maximum absolute atomic E-state index is 12.6. The first-order valence-corrected chi connectivity index (χ1v) is 10.4. The van der Waals surface area contributed by atoms with E-state index in [4.69, 9.17) is 22.7 Å². The third kappa shape index (κ3) is 6.09. The Morgan fingerprint density at radius 2 is 1.93 bits per heavy atom. The van der Waals surface area contributed by atoms with E-state index in [0.717, 1.165) is 56.0 Å². The average Bonchev–Trinajstić information content (AvgIpc) is 3.05. The molecule has 0 bridgehead atoms. The number of ether oxygens (including phenoxy) is 1. The van der Waals surface area contributed by atoms with Crippen LogP contribution in [-0.2, 0) is 0 Å². The highest BCUT2D eigenvalue weighted by Crippen LogP contribution is 2.21. The molecule has 1 fully saturated rings. The number of aryl methyl sites for hydroxylation is 1. The number of amides is 2. The van der Waals surface area contributed by atoms with Crippen LogP contribution in [-0.4, -0.2) is 42.3 Å². The molecular weight excluding hydrogens is 384 g/mol. The number of thiocarbonyl (C=S) groups is 1. The lowest BCUT2D eigenvalue weighted by Gasteiger charge is -2.19. The minimum Gasteiger partial charge on any atom is -0.494 e. The van der Waals surface area contributed by atoms with E-state index in [0.29, 0.717) is 6.61 Å². The van der Waals surface area contributed by atoms with E-state index in [-0.39, 0.29) is 11.1 Å². The predicted octanol–water partition coefficient (Wildman–Crippen LogP) is 4.14. The standard InChI is InChI=1S/C22H28N4O2S/c1-17-8-10-19(11-9-17)26-14-13-25(22(26)27)12-3-2-4-15-28-20-7-5-6-18(16-20)24-21(23)29/h5-11,16H,2-4,12-15H2,1H3,(H3,23,24,29). The van der Waals surface area contributed by atoms with E-state index < -0.39 is 0 Å². The van der Waals surface area contributed by atoms with Gasteiger partial charge in [0.2, 0.25) is 0 Å². The van der Waals surface area contributed by atoms with Crippen LogP contribution in [0, 0.1) is 6.92 Å². The van der Waals surface area contributed by atoms with Gasteiger partial charge in [0, 0.05) is 37.1 Å². The van der Waals surface area contributed by atoms with Gasteiger partial charge in [-0.3, -0.25) is 4.90 Å². The maximum Gasteiger partial charge on any atom is 0.324 e. The number of nitrogens with zero attached hydrogens (tertiary/aromatic N) is 2. The molecule has 0 spiro atoms. The zero-order valence-electron chi connectivity index (χ0n) is 16.8. The Balaban J connectivity index is 1.34. The highest BCUT2D eigenvalue weighted by molar-refractivity contribution is 7.80. The fourth-order valence-corrected chi connectivity index (χ4v) is 3.45. The molecule has 1 heterocycles. The number of rotatable bonds is 9. The first kappa shape index (κ1) is 20.9. The number of unbranched alkanes of at least 4 members (excludes halogenated alkanes) is 2. The maximum atomic E-state index is 12.6. The second-order valence-corrected chi connectivity index (χ2v) is 7.62. The van der Waals surface area contributed by atoms with Crippen LogP contribution in [0.25, 0.3) is 0 Å². The Labute approximate surface area is 177 Å². The predicted molar refractivity (Wildman–Crippen MR) is 122 cm³/mol. The van der Waals surface area contributed by atoms with Gasteiger partial charge in [0.15, 0.2) is 5.11 Å². The first-order valence-electron chi connectivity index (χ1n) is 9.95. The molecule has 2 aromatic rings. The van der Waals surface area contributed by atoms with Gasteiger partial charge in [0.1, 0.15) is 5.75 Å². The van der Waals surface area contributed by atoms with Crippen molar-refractivity contribution in [1.29, 1.82) is 0 Å². The summed E-state index contributed by atoms with van der Waals surface area (Å²) in [5, 5.41) is 3.13. The van der Waals surface area contributed by atoms with Crippen LogP contribution >= 0.6 is 12.2 Å². The van der Waals surface area contributed by atoms with Crippen LogP contribution in [0.3, 0.4) is 0 Å². The molecule has 3 N–H and O–H groups in total. The third-order valence-electron chi connectivity index (χ3n) is 4.88. The van der Waals surface area contributed by atoms with E-state index in [1.807, 2.05) is 58.3 Å². The molecule has 0 radical (unpaired) electrons. The van der Waals surface area contributed by atoms with Crippen molar-refractivity contribution in [2.75, 3.05) is 36.5 Å². The SMILES string of the molecule is Cc1ccc(N2CCN(CCCCCOc3cccc(NC(N)=S)c3)C2=O)cc1.